The van der Waals surface area contributed by atoms with Crippen molar-refractivity contribution in [3.8, 4) is 0 Å². The number of thiophene rings is 1. The van der Waals surface area contributed by atoms with E-state index in [4.69, 9.17) is 10.7 Å². The number of hydrogen-bond acceptors (Lipinski definition) is 4. The second-order valence-electron chi connectivity index (χ2n) is 4.90. The summed E-state index contributed by atoms with van der Waals surface area (Å²) >= 11 is 0.947. The van der Waals surface area contributed by atoms with Crippen molar-refractivity contribution in [2.45, 2.75) is 16.5 Å². The molecule has 4 nitrogen and oxygen atoms in total. The van der Waals surface area contributed by atoms with Crippen molar-refractivity contribution >= 4 is 37.0 Å². The summed E-state index contributed by atoms with van der Waals surface area (Å²) in [6.45, 7) is 0.550. The van der Waals surface area contributed by atoms with E-state index >= 15 is 0 Å². The zero-order valence-electron chi connectivity index (χ0n) is 10.9. The zero-order valence-corrected chi connectivity index (χ0v) is 13.3. The maximum absolute atomic E-state index is 12.0. The Morgan fingerprint density at radius 2 is 2.14 bits per heavy atom. The van der Waals surface area contributed by atoms with E-state index in [2.05, 4.69) is 17.4 Å². The summed E-state index contributed by atoms with van der Waals surface area (Å²) in [6.07, 6.45) is 0.960. The molecular formula is C14H12ClNO3S2. The highest BCUT2D eigenvalue weighted by atomic mass is 35.7. The van der Waals surface area contributed by atoms with Crippen LogP contribution < -0.4 is 5.32 Å². The molecule has 110 valence electrons. The SMILES string of the molecule is O=C(NCC1Cc2ccccc21)c1csc(S(=O)(=O)Cl)c1. The third kappa shape index (κ3) is 2.97. The monoisotopic (exact) mass is 341 g/mol. The Bertz CT molecular complexity index is 798. The lowest BCUT2D eigenvalue weighted by molar-refractivity contribution is 0.0950. The van der Waals surface area contributed by atoms with E-state index in [1.165, 1.54) is 22.6 Å². The summed E-state index contributed by atoms with van der Waals surface area (Å²) < 4.78 is 22.3. The van der Waals surface area contributed by atoms with Gasteiger partial charge in [-0.1, -0.05) is 24.3 Å². The average molecular weight is 342 g/mol. The van der Waals surface area contributed by atoms with Gasteiger partial charge >= 0.3 is 0 Å². The Morgan fingerprint density at radius 3 is 2.81 bits per heavy atom. The van der Waals surface area contributed by atoms with Crippen molar-refractivity contribution in [3.63, 3.8) is 0 Å². The van der Waals surface area contributed by atoms with Gasteiger partial charge in [-0.3, -0.25) is 4.79 Å². The quantitative estimate of drug-likeness (QED) is 0.870. The van der Waals surface area contributed by atoms with Crippen molar-refractivity contribution in [2.75, 3.05) is 6.54 Å². The maximum atomic E-state index is 12.0. The molecule has 1 aliphatic rings. The number of halogens is 1. The molecule has 0 saturated heterocycles. The fraction of sp³-hybridized carbons (Fsp3) is 0.214. The third-order valence-corrected chi connectivity index (χ3v) is 6.59. The number of fused-ring (bicyclic) bond motifs is 1. The van der Waals surface area contributed by atoms with E-state index in [0.29, 0.717) is 18.0 Å². The van der Waals surface area contributed by atoms with E-state index < -0.39 is 9.05 Å². The number of benzene rings is 1. The predicted octanol–water partition coefficient (Wildman–Crippen LogP) is 2.75. The first-order valence-corrected chi connectivity index (χ1v) is 9.53. The molecule has 21 heavy (non-hydrogen) atoms. The van der Waals surface area contributed by atoms with Crippen molar-refractivity contribution in [3.05, 3.63) is 52.4 Å². The van der Waals surface area contributed by atoms with E-state index in [1.807, 2.05) is 12.1 Å². The van der Waals surface area contributed by atoms with Crippen LogP contribution in [0.15, 0.2) is 39.9 Å². The van der Waals surface area contributed by atoms with Crippen molar-refractivity contribution in [2.24, 2.45) is 0 Å². The highest BCUT2D eigenvalue weighted by Crippen LogP contribution is 2.34. The van der Waals surface area contributed by atoms with Gasteiger partial charge in [-0.15, -0.1) is 11.3 Å². The molecule has 1 aromatic carbocycles. The van der Waals surface area contributed by atoms with Crippen LogP contribution in [0.5, 0.6) is 0 Å². The summed E-state index contributed by atoms with van der Waals surface area (Å²) in [5, 5.41) is 4.34. The molecule has 1 amide bonds. The van der Waals surface area contributed by atoms with Gasteiger partial charge in [0.15, 0.2) is 0 Å². The number of carbonyl (C=O) groups excluding carboxylic acids is 1. The van der Waals surface area contributed by atoms with E-state index in [0.717, 1.165) is 17.8 Å². The summed E-state index contributed by atoms with van der Waals surface area (Å²) in [5.41, 5.74) is 2.92. The minimum absolute atomic E-state index is 0.0108. The molecule has 1 aliphatic carbocycles. The van der Waals surface area contributed by atoms with Crippen LogP contribution in [-0.2, 0) is 15.5 Å². The first-order valence-electron chi connectivity index (χ1n) is 6.34. The second-order valence-corrected chi connectivity index (χ2v) is 8.61. The average Bonchev–Trinajstić information content (AvgIpc) is 2.89. The molecule has 2 aromatic rings. The molecule has 0 spiro atoms. The maximum Gasteiger partial charge on any atom is 0.270 e. The number of hydrogen-bond donors (Lipinski definition) is 1. The molecule has 0 bridgehead atoms. The van der Waals surface area contributed by atoms with Crippen LogP contribution in [-0.4, -0.2) is 20.9 Å². The highest BCUT2D eigenvalue weighted by molar-refractivity contribution is 8.15. The number of carbonyl (C=O) groups is 1. The number of amides is 1. The summed E-state index contributed by atoms with van der Waals surface area (Å²) in [4.78, 5) is 12.0. The van der Waals surface area contributed by atoms with E-state index in [1.54, 1.807) is 0 Å². The predicted molar refractivity (Wildman–Crippen MR) is 82.6 cm³/mol. The lowest BCUT2D eigenvalue weighted by Gasteiger charge is -2.30. The molecule has 3 rings (SSSR count). The Balaban J connectivity index is 1.62. The fourth-order valence-corrected chi connectivity index (χ4v) is 4.37. The first kappa shape index (κ1) is 14.6. The minimum atomic E-state index is -3.77. The summed E-state index contributed by atoms with van der Waals surface area (Å²) in [5.74, 6) is 0.0576. The molecule has 1 heterocycles. The van der Waals surface area contributed by atoms with Crippen molar-refractivity contribution in [1.82, 2.24) is 5.32 Å². The normalized spacial score (nSPS) is 16.9. The topological polar surface area (TPSA) is 63.2 Å². The van der Waals surface area contributed by atoms with Crippen LogP contribution in [0.3, 0.4) is 0 Å². The van der Waals surface area contributed by atoms with Crippen LogP contribution in [0.4, 0.5) is 0 Å². The van der Waals surface area contributed by atoms with Crippen LogP contribution >= 0.6 is 22.0 Å². The van der Waals surface area contributed by atoms with Gasteiger partial charge in [-0.25, -0.2) is 8.42 Å². The molecule has 0 aliphatic heterocycles. The van der Waals surface area contributed by atoms with Gasteiger partial charge in [0.2, 0.25) is 0 Å². The van der Waals surface area contributed by atoms with Crippen LogP contribution in [0.25, 0.3) is 0 Å². The van der Waals surface area contributed by atoms with E-state index in [-0.39, 0.29) is 10.1 Å². The molecule has 1 atom stereocenters. The molecule has 1 N–H and O–H groups in total. The largest absolute Gasteiger partial charge is 0.351 e. The summed E-state index contributed by atoms with van der Waals surface area (Å²) in [7, 11) is 1.47. The van der Waals surface area contributed by atoms with Gasteiger partial charge in [0.25, 0.3) is 15.0 Å². The Morgan fingerprint density at radius 1 is 1.38 bits per heavy atom. The number of nitrogens with one attached hydrogen (secondary N) is 1. The zero-order chi connectivity index (χ0) is 15.0. The van der Waals surface area contributed by atoms with Crippen molar-refractivity contribution < 1.29 is 13.2 Å². The first-order chi connectivity index (χ1) is 9.95. The Kier molecular flexibility index (Phi) is 3.77. The molecule has 7 heteroatoms. The minimum Gasteiger partial charge on any atom is -0.351 e. The van der Waals surface area contributed by atoms with Crippen LogP contribution in [0.2, 0.25) is 0 Å². The second kappa shape index (κ2) is 5.44. The van der Waals surface area contributed by atoms with Gasteiger partial charge in [-0.05, 0) is 23.6 Å². The van der Waals surface area contributed by atoms with Crippen molar-refractivity contribution in [1.29, 1.82) is 0 Å². The van der Waals surface area contributed by atoms with Gasteiger partial charge in [0, 0.05) is 28.5 Å². The molecule has 0 fully saturated rings. The van der Waals surface area contributed by atoms with Gasteiger partial charge < -0.3 is 5.32 Å². The van der Waals surface area contributed by atoms with E-state index in [9.17, 15) is 13.2 Å². The number of rotatable bonds is 4. The van der Waals surface area contributed by atoms with Gasteiger partial charge in [0.1, 0.15) is 4.21 Å². The highest BCUT2D eigenvalue weighted by Gasteiger charge is 2.26. The van der Waals surface area contributed by atoms with Gasteiger partial charge in [0.05, 0.1) is 5.56 Å². The standard InChI is InChI=1S/C14H12ClNO3S2/c15-21(18,19)13-6-11(8-20-13)14(17)16-7-10-5-9-3-1-2-4-12(9)10/h1-4,6,8,10H,5,7H2,(H,16,17). The van der Waals surface area contributed by atoms with Crippen LogP contribution in [0, 0.1) is 0 Å². The molecule has 0 radical (unpaired) electrons. The van der Waals surface area contributed by atoms with Crippen LogP contribution in [0.1, 0.15) is 27.4 Å². The fourth-order valence-electron chi connectivity index (χ4n) is 2.43. The lowest BCUT2D eigenvalue weighted by Crippen LogP contribution is -2.32. The van der Waals surface area contributed by atoms with Gasteiger partial charge in [-0.2, -0.15) is 0 Å². The molecule has 0 saturated carbocycles. The lowest BCUT2D eigenvalue weighted by atomic mass is 9.77. The Hall–Kier alpha value is -1.37. The molecular weight excluding hydrogens is 330 g/mol. The third-order valence-electron chi connectivity index (χ3n) is 3.55. The smallest absolute Gasteiger partial charge is 0.270 e. The molecule has 1 aromatic heterocycles. The Labute approximate surface area is 131 Å². The summed E-state index contributed by atoms with van der Waals surface area (Å²) in [6, 6.07) is 9.45. The molecule has 1 unspecified atom stereocenters.